The molecule has 2 aromatic carbocycles. The fraction of sp³-hybridized carbons (Fsp3) is 0.350. The molecule has 0 aliphatic carbocycles. The van der Waals surface area contributed by atoms with E-state index in [1.54, 1.807) is 0 Å². The number of benzene rings is 2. The Labute approximate surface area is 148 Å². The van der Waals surface area contributed by atoms with E-state index in [-0.39, 0.29) is 5.91 Å². The summed E-state index contributed by atoms with van der Waals surface area (Å²) >= 11 is 0. The van der Waals surface area contributed by atoms with E-state index >= 15 is 0 Å². The average Bonchev–Trinajstić information content (AvgIpc) is 2.62. The maximum atomic E-state index is 12.1. The van der Waals surface area contributed by atoms with Gasteiger partial charge in [0.05, 0.1) is 25.5 Å². The maximum absolute atomic E-state index is 12.1. The van der Waals surface area contributed by atoms with Crippen molar-refractivity contribution in [3.8, 4) is 17.2 Å². The number of carbonyl (C=O) groups excluding carboxylic acids is 1. The predicted octanol–water partition coefficient (Wildman–Crippen LogP) is 4.28. The molecule has 0 aliphatic rings. The molecule has 0 heterocycles. The first kappa shape index (κ1) is 18.6. The summed E-state index contributed by atoms with van der Waals surface area (Å²) < 4.78 is 16.7. The Kier molecular flexibility index (Phi) is 7.63. The molecule has 2 aromatic rings. The van der Waals surface area contributed by atoms with Crippen LogP contribution in [0.1, 0.15) is 26.7 Å². The lowest BCUT2D eigenvalue weighted by atomic mass is 10.2. The fourth-order valence-corrected chi connectivity index (χ4v) is 2.32. The van der Waals surface area contributed by atoms with E-state index in [9.17, 15) is 4.79 Å². The Morgan fingerprint density at radius 2 is 1.40 bits per heavy atom. The minimum absolute atomic E-state index is 0.0613. The third kappa shape index (κ3) is 6.03. The Morgan fingerprint density at radius 3 is 2.08 bits per heavy atom. The van der Waals surface area contributed by atoms with E-state index in [1.807, 2.05) is 62.4 Å². The summed E-state index contributed by atoms with van der Waals surface area (Å²) in [6, 6.07) is 15.0. The van der Waals surface area contributed by atoms with Crippen LogP contribution >= 0.6 is 0 Å². The van der Waals surface area contributed by atoms with Crippen molar-refractivity contribution in [2.24, 2.45) is 0 Å². The van der Waals surface area contributed by atoms with Crippen molar-refractivity contribution in [2.45, 2.75) is 26.7 Å². The molecule has 25 heavy (non-hydrogen) atoms. The maximum Gasteiger partial charge on any atom is 0.224 e. The van der Waals surface area contributed by atoms with Crippen LogP contribution in [0.3, 0.4) is 0 Å². The highest BCUT2D eigenvalue weighted by atomic mass is 16.5. The molecule has 134 valence electrons. The van der Waals surface area contributed by atoms with Gasteiger partial charge in [0.15, 0.2) is 11.5 Å². The van der Waals surface area contributed by atoms with Gasteiger partial charge in [0, 0.05) is 6.42 Å². The molecule has 1 N–H and O–H groups in total. The number of anilines is 1. The summed E-state index contributed by atoms with van der Waals surface area (Å²) in [6.45, 7) is 5.43. The van der Waals surface area contributed by atoms with Gasteiger partial charge >= 0.3 is 0 Å². The molecule has 0 bridgehead atoms. The van der Waals surface area contributed by atoms with E-state index in [4.69, 9.17) is 14.2 Å². The molecule has 0 saturated heterocycles. The smallest absolute Gasteiger partial charge is 0.224 e. The van der Waals surface area contributed by atoms with Crippen LogP contribution in [0.4, 0.5) is 5.69 Å². The second-order valence-electron chi connectivity index (χ2n) is 5.31. The van der Waals surface area contributed by atoms with Gasteiger partial charge in [0.25, 0.3) is 0 Å². The van der Waals surface area contributed by atoms with E-state index in [1.165, 1.54) is 0 Å². The molecular weight excluding hydrogens is 318 g/mol. The van der Waals surface area contributed by atoms with Crippen molar-refractivity contribution in [2.75, 3.05) is 25.1 Å². The zero-order valence-electron chi connectivity index (χ0n) is 14.8. The first-order chi connectivity index (χ1) is 12.2. The normalized spacial score (nSPS) is 10.2. The molecule has 0 saturated carbocycles. The molecule has 5 nitrogen and oxygen atoms in total. The zero-order valence-corrected chi connectivity index (χ0v) is 14.8. The minimum Gasteiger partial charge on any atom is -0.492 e. The molecule has 0 spiro atoms. The highest BCUT2D eigenvalue weighted by Gasteiger charge is 2.08. The van der Waals surface area contributed by atoms with Gasteiger partial charge in [0.2, 0.25) is 5.91 Å². The summed E-state index contributed by atoms with van der Waals surface area (Å²) in [5.41, 5.74) is 0.692. The molecule has 0 aromatic heterocycles. The Morgan fingerprint density at radius 1 is 0.840 bits per heavy atom. The second-order valence-corrected chi connectivity index (χ2v) is 5.31. The molecule has 2 rings (SSSR count). The molecule has 0 unspecified atom stereocenters. The van der Waals surface area contributed by atoms with Crippen molar-refractivity contribution in [1.82, 2.24) is 0 Å². The van der Waals surface area contributed by atoms with Crippen molar-refractivity contribution in [3.63, 3.8) is 0 Å². The number of hydrogen-bond acceptors (Lipinski definition) is 4. The van der Waals surface area contributed by atoms with Crippen LogP contribution in [-0.2, 0) is 4.79 Å². The largest absolute Gasteiger partial charge is 0.492 e. The van der Waals surface area contributed by atoms with Gasteiger partial charge in [-0.05, 0) is 44.5 Å². The second kappa shape index (κ2) is 10.2. The van der Waals surface area contributed by atoms with E-state index < -0.39 is 0 Å². The topological polar surface area (TPSA) is 56.8 Å². The lowest BCUT2D eigenvalue weighted by Gasteiger charge is -2.12. The van der Waals surface area contributed by atoms with Gasteiger partial charge in [-0.3, -0.25) is 4.79 Å². The molecule has 5 heteroatoms. The van der Waals surface area contributed by atoms with Crippen molar-refractivity contribution >= 4 is 11.6 Å². The van der Waals surface area contributed by atoms with E-state index in [0.717, 1.165) is 5.75 Å². The summed E-state index contributed by atoms with van der Waals surface area (Å²) in [5, 5.41) is 2.88. The Balaban J connectivity index is 1.78. The highest BCUT2D eigenvalue weighted by Crippen LogP contribution is 2.27. The lowest BCUT2D eigenvalue weighted by molar-refractivity contribution is -0.116. The van der Waals surface area contributed by atoms with Gasteiger partial charge in [-0.15, -0.1) is 0 Å². The van der Waals surface area contributed by atoms with Crippen LogP contribution in [0.25, 0.3) is 0 Å². The molecule has 0 aliphatic heterocycles. The summed E-state index contributed by atoms with van der Waals surface area (Å²) in [7, 11) is 0. The van der Waals surface area contributed by atoms with Crippen LogP contribution in [0.5, 0.6) is 17.2 Å². The van der Waals surface area contributed by atoms with Crippen LogP contribution < -0.4 is 19.5 Å². The summed E-state index contributed by atoms with van der Waals surface area (Å²) in [5.74, 6) is 2.04. The number of nitrogens with one attached hydrogen (secondary N) is 1. The summed E-state index contributed by atoms with van der Waals surface area (Å²) in [4.78, 5) is 12.1. The molecule has 0 radical (unpaired) electrons. The third-order valence-electron chi connectivity index (χ3n) is 3.42. The number of hydrogen-bond donors (Lipinski definition) is 1. The number of para-hydroxylation sites is 4. The van der Waals surface area contributed by atoms with E-state index in [0.29, 0.717) is 49.8 Å². The van der Waals surface area contributed by atoms with Crippen LogP contribution in [0.2, 0.25) is 0 Å². The third-order valence-corrected chi connectivity index (χ3v) is 3.42. The van der Waals surface area contributed by atoms with Gasteiger partial charge < -0.3 is 19.5 Å². The standard InChI is InChI=1S/C20H25NO4/c1-3-23-17-11-6-5-10-16(17)21-20(22)14-9-15-25-19-13-8-7-12-18(19)24-4-2/h5-8,10-13H,3-4,9,14-15H2,1-2H3,(H,21,22). The summed E-state index contributed by atoms with van der Waals surface area (Å²) in [6.07, 6.45) is 0.986. The zero-order chi connectivity index (χ0) is 17.9. The highest BCUT2D eigenvalue weighted by molar-refractivity contribution is 5.92. The van der Waals surface area contributed by atoms with Crippen molar-refractivity contribution in [1.29, 1.82) is 0 Å². The number of rotatable bonds is 10. The van der Waals surface area contributed by atoms with E-state index in [2.05, 4.69) is 5.32 Å². The van der Waals surface area contributed by atoms with Gasteiger partial charge in [-0.2, -0.15) is 0 Å². The van der Waals surface area contributed by atoms with Gasteiger partial charge in [0.1, 0.15) is 5.75 Å². The van der Waals surface area contributed by atoms with Crippen LogP contribution in [0, 0.1) is 0 Å². The number of amides is 1. The molecular formula is C20H25NO4. The van der Waals surface area contributed by atoms with Gasteiger partial charge in [-0.25, -0.2) is 0 Å². The van der Waals surface area contributed by atoms with Crippen LogP contribution in [0.15, 0.2) is 48.5 Å². The van der Waals surface area contributed by atoms with Crippen molar-refractivity contribution in [3.05, 3.63) is 48.5 Å². The lowest BCUT2D eigenvalue weighted by Crippen LogP contribution is -2.13. The first-order valence-electron chi connectivity index (χ1n) is 8.60. The molecule has 0 atom stereocenters. The quantitative estimate of drug-likeness (QED) is 0.654. The molecule has 1 amide bonds. The SMILES string of the molecule is CCOc1ccccc1NC(=O)CCCOc1ccccc1OCC. The molecule has 0 fully saturated rings. The first-order valence-corrected chi connectivity index (χ1v) is 8.60. The Hall–Kier alpha value is -2.69. The average molecular weight is 343 g/mol. The Bertz CT molecular complexity index is 672. The number of ether oxygens (including phenoxy) is 3. The monoisotopic (exact) mass is 343 g/mol. The predicted molar refractivity (Wildman–Crippen MR) is 98.6 cm³/mol. The fourth-order valence-electron chi connectivity index (χ4n) is 2.32. The van der Waals surface area contributed by atoms with Crippen molar-refractivity contribution < 1.29 is 19.0 Å². The number of carbonyl (C=O) groups is 1. The van der Waals surface area contributed by atoms with Crippen LogP contribution in [-0.4, -0.2) is 25.7 Å². The van der Waals surface area contributed by atoms with Gasteiger partial charge in [-0.1, -0.05) is 24.3 Å². The minimum atomic E-state index is -0.0613.